The zero-order valence-electron chi connectivity index (χ0n) is 8.92. The number of nitrogens with one attached hydrogen (secondary N) is 1. The largest absolute Gasteiger partial charge is 0.489 e. The Bertz CT molecular complexity index is 434. The molecule has 0 saturated heterocycles. The van der Waals surface area contributed by atoms with Crippen LogP contribution in [0.3, 0.4) is 0 Å². The molecule has 0 bridgehead atoms. The lowest BCUT2D eigenvalue weighted by Gasteiger charge is -2.24. The molecule has 1 aromatic carbocycles. The number of fused-ring (bicyclic) bond motifs is 1. The maximum absolute atomic E-state index is 13.4. The van der Waals surface area contributed by atoms with Gasteiger partial charge in [0.1, 0.15) is 6.61 Å². The van der Waals surface area contributed by atoms with E-state index in [4.69, 9.17) is 10.5 Å². The van der Waals surface area contributed by atoms with E-state index in [2.05, 4.69) is 5.32 Å². The van der Waals surface area contributed by atoms with Gasteiger partial charge in [-0.05, 0) is 18.6 Å². The number of hydrogen-bond acceptors (Lipinski definition) is 3. The summed E-state index contributed by atoms with van der Waals surface area (Å²) in [5.41, 5.74) is 6.71. The van der Waals surface area contributed by atoms with Crippen LogP contribution in [0.15, 0.2) is 12.1 Å². The Morgan fingerprint density at radius 1 is 1.62 bits per heavy atom. The molecule has 1 aromatic rings. The van der Waals surface area contributed by atoms with Crippen molar-refractivity contribution in [1.82, 2.24) is 5.32 Å². The fourth-order valence-electron chi connectivity index (χ4n) is 1.82. The number of rotatable bonds is 1. The first-order valence-electron chi connectivity index (χ1n) is 5.05. The summed E-state index contributed by atoms with van der Waals surface area (Å²) in [5.74, 6) is -0.550. The Balaban J connectivity index is 2.52. The predicted molar refractivity (Wildman–Crippen MR) is 57.0 cm³/mol. The van der Waals surface area contributed by atoms with Crippen molar-refractivity contribution in [2.75, 3.05) is 13.7 Å². The van der Waals surface area contributed by atoms with Crippen molar-refractivity contribution < 1.29 is 13.9 Å². The lowest BCUT2D eigenvalue weighted by atomic mass is 9.97. The van der Waals surface area contributed by atoms with Gasteiger partial charge < -0.3 is 15.8 Å². The van der Waals surface area contributed by atoms with Gasteiger partial charge in [-0.25, -0.2) is 4.39 Å². The van der Waals surface area contributed by atoms with E-state index in [0.29, 0.717) is 17.5 Å². The van der Waals surface area contributed by atoms with Gasteiger partial charge in [0.05, 0.1) is 0 Å². The molecule has 0 aliphatic carbocycles. The molecule has 1 amide bonds. The smallest absolute Gasteiger partial charge is 0.251 e. The predicted octanol–water partition coefficient (Wildman–Crippen LogP) is 0.448. The molecule has 5 heteroatoms. The number of nitrogens with two attached hydrogens (primary N) is 1. The van der Waals surface area contributed by atoms with Crippen molar-refractivity contribution in [2.24, 2.45) is 5.73 Å². The van der Waals surface area contributed by atoms with Crippen molar-refractivity contribution in [3.8, 4) is 5.75 Å². The fraction of sp³-hybridized carbons (Fsp3) is 0.364. The Kier molecular flexibility index (Phi) is 2.78. The molecule has 16 heavy (non-hydrogen) atoms. The van der Waals surface area contributed by atoms with Crippen LogP contribution in [0.2, 0.25) is 0 Å². The second-order valence-electron chi connectivity index (χ2n) is 3.76. The van der Waals surface area contributed by atoms with Gasteiger partial charge in [0.25, 0.3) is 5.91 Å². The Morgan fingerprint density at radius 3 is 3.06 bits per heavy atom. The average molecular weight is 224 g/mol. The molecule has 0 fully saturated rings. The topological polar surface area (TPSA) is 64.4 Å². The lowest BCUT2D eigenvalue weighted by Crippen LogP contribution is -2.35. The second-order valence-corrected chi connectivity index (χ2v) is 3.76. The molecule has 2 rings (SSSR count). The van der Waals surface area contributed by atoms with Crippen LogP contribution in [0.25, 0.3) is 0 Å². The lowest BCUT2D eigenvalue weighted by molar-refractivity contribution is 0.0960. The fourth-order valence-corrected chi connectivity index (χ4v) is 1.82. The zero-order valence-corrected chi connectivity index (χ0v) is 8.92. The minimum Gasteiger partial charge on any atom is -0.489 e. The van der Waals surface area contributed by atoms with Gasteiger partial charge in [0.15, 0.2) is 11.6 Å². The third-order valence-electron chi connectivity index (χ3n) is 2.59. The van der Waals surface area contributed by atoms with Gasteiger partial charge in [0.2, 0.25) is 0 Å². The third kappa shape index (κ3) is 1.74. The van der Waals surface area contributed by atoms with E-state index in [1.165, 1.54) is 19.2 Å². The van der Waals surface area contributed by atoms with Crippen LogP contribution in [0.4, 0.5) is 4.39 Å². The summed E-state index contributed by atoms with van der Waals surface area (Å²) >= 11 is 0. The number of halogens is 1. The van der Waals surface area contributed by atoms with E-state index in [1.807, 2.05) is 0 Å². The van der Waals surface area contributed by atoms with E-state index in [0.717, 1.165) is 0 Å². The van der Waals surface area contributed by atoms with Crippen LogP contribution in [-0.2, 0) is 6.42 Å². The maximum Gasteiger partial charge on any atom is 0.251 e. The van der Waals surface area contributed by atoms with E-state index >= 15 is 0 Å². The van der Waals surface area contributed by atoms with Crippen LogP contribution in [0, 0.1) is 5.82 Å². The molecule has 86 valence electrons. The van der Waals surface area contributed by atoms with Gasteiger partial charge in [-0.15, -0.1) is 0 Å². The Morgan fingerprint density at radius 2 is 2.38 bits per heavy atom. The highest BCUT2D eigenvalue weighted by molar-refractivity contribution is 5.96. The molecule has 3 N–H and O–H groups in total. The molecule has 1 atom stereocenters. The van der Waals surface area contributed by atoms with E-state index < -0.39 is 5.82 Å². The first kappa shape index (κ1) is 10.9. The van der Waals surface area contributed by atoms with Crippen molar-refractivity contribution >= 4 is 5.91 Å². The molecule has 1 heterocycles. The molecule has 0 aromatic heterocycles. The monoisotopic (exact) mass is 224 g/mol. The molecule has 0 spiro atoms. The highest BCUT2D eigenvalue weighted by atomic mass is 19.1. The van der Waals surface area contributed by atoms with Gasteiger partial charge in [-0.1, -0.05) is 0 Å². The molecule has 1 aliphatic rings. The number of amides is 1. The quantitative estimate of drug-likeness (QED) is 0.727. The maximum atomic E-state index is 13.4. The first-order chi connectivity index (χ1) is 7.63. The number of benzene rings is 1. The van der Waals surface area contributed by atoms with E-state index in [9.17, 15) is 9.18 Å². The molecule has 0 radical (unpaired) electrons. The minimum atomic E-state index is -0.449. The number of hydrogen-bond donors (Lipinski definition) is 2. The zero-order chi connectivity index (χ0) is 11.7. The van der Waals surface area contributed by atoms with Gasteiger partial charge in [-0.2, -0.15) is 0 Å². The number of carbonyl (C=O) groups is 1. The van der Waals surface area contributed by atoms with Crippen molar-refractivity contribution in [1.29, 1.82) is 0 Å². The molecule has 4 nitrogen and oxygen atoms in total. The summed E-state index contributed by atoms with van der Waals surface area (Å²) in [4.78, 5) is 11.6. The van der Waals surface area contributed by atoms with E-state index in [-0.39, 0.29) is 24.3 Å². The summed E-state index contributed by atoms with van der Waals surface area (Å²) in [5, 5.41) is 2.51. The van der Waals surface area contributed by atoms with Crippen LogP contribution < -0.4 is 15.8 Å². The van der Waals surface area contributed by atoms with Gasteiger partial charge in [-0.3, -0.25) is 4.79 Å². The first-order valence-corrected chi connectivity index (χ1v) is 5.05. The molecular formula is C11H13FN2O2. The number of ether oxygens (including phenoxy) is 1. The van der Waals surface area contributed by atoms with Gasteiger partial charge in [0, 0.05) is 24.2 Å². The summed E-state index contributed by atoms with van der Waals surface area (Å²) in [6.45, 7) is 0.279. The highest BCUT2D eigenvalue weighted by Crippen LogP contribution is 2.30. The van der Waals surface area contributed by atoms with Gasteiger partial charge >= 0.3 is 0 Å². The third-order valence-corrected chi connectivity index (χ3v) is 2.59. The molecule has 1 unspecified atom stereocenters. The van der Waals surface area contributed by atoms with Crippen molar-refractivity contribution in [3.05, 3.63) is 29.1 Å². The van der Waals surface area contributed by atoms with Crippen LogP contribution in [-0.4, -0.2) is 25.6 Å². The van der Waals surface area contributed by atoms with Crippen LogP contribution in [0.1, 0.15) is 15.9 Å². The van der Waals surface area contributed by atoms with Crippen LogP contribution in [0.5, 0.6) is 5.75 Å². The summed E-state index contributed by atoms with van der Waals surface area (Å²) < 4.78 is 18.7. The standard InChI is InChI=1S/C11H13FN2O2/c1-14-11(15)7-2-3-9(12)10-8(7)4-6(13)5-16-10/h2-3,6H,4-5,13H2,1H3,(H,14,15). The summed E-state index contributed by atoms with van der Waals surface area (Å²) in [7, 11) is 1.53. The second kappa shape index (κ2) is 4.09. The Labute approximate surface area is 92.6 Å². The molecular weight excluding hydrogens is 211 g/mol. The highest BCUT2D eigenvalue weighted by Gasteiger charge is 2.25. The van der Waals surface area contributed by atoms with E-state index in [1.54, 1.807) is 0 Å². The van der Waals surface area contributed by atoms with Crippen LogP contribution >= 0.6 is 0 Å². The Hall–Kier alpha value is -1.62. The summed E-state index contributed by atoms with van der Waals surface area (Å²) in [6, 6.07) is 2.49. The minimum absolute atomic E-state index is 0.155. The SMILES string of the molecule is CNC(=O)c1ccc(F)c2c1CC(N)CO2. The van der Waals surface area contributed by atoms with Crippen molar-refractivity contribution in [3.63, 3.8) is 0 Å². The van der Waals surface area contributed by atoms with Crippen molar-refractivity contribution in [2.45, 2.75) is 12.5 Å². The summed E-state index contributed by atoms with van der Waals surface area (Å²) in [6.07, 6.45) is 0.454. The number of carbonyl (C=O) groups excluding carboxylic acids is 1. The molecule has 0 saturated carbocycles. The average Bonchev–Trinajstić information content (AvgIpc) is 2.28. The molecule has 1 aliphatic heterocycles. The normalized spacial score (nSPS) is 18.6.